The van der Waals surface area contributed by atoms with Gasteiger partial charge in [-0.2, -0.15) is 0 Å². The molecule has 0 saturated carbocycles. The van der Waals surface area contributed by atoms with E-state index in [0.29, 0.717) is 0 Å². The fourth-order valence-electron chi connectivity index (χ4n) is 10.2. The number of fused-ring (bicyclic) bond motifs is 12. The van der Waals surface area contributed by atoms with Gasteiger partial charge in [0.15, 0.2) is 0 Å². The van der Waals surface area contributed by atoms with E-state index in [2.05, 4.69) is 205 Å². The number of pyridine rings is 1. The van der Waals surface area contributed by atoms with Gasteiger partial charge in [-0.15, -0.1) is 0 Å². The lowest BCUT2D eigenvalue weighted by molar-refractivity contribution is -0.599. The first kappa shape index (κ1) is 38.8. The van der Waals surface area contributed by atoms with E-state index in [-0.39, 0.29) is 5.41 Å². The van der Waals surface area contributed by atoms with Crippen LogP contribution in [0.2, 0.25) is 0 Å². The van der Waals surface area contributed by atoms with Crippen LogP contribution >= 0.6 is 0 Å². The van der Waals surface area contributed by atoms with Crippen molar-refractivity contribution in [3.8, 4) is 40.1 Å². The summed E-state index contributed by atoms with van der Waals surface area (Å²) >= 11 is 0. The van der Waals surface area contributed by atoms with Crippen molar-refractivity contribution in [2.75, 3.05) is 0 Å². The van der Waals surface area contributed by atoms with Crippen LogP contribution in [0.5, 0.6) is 11.5 Å². The minimum Gasteiger partial charge on any atom is -0.458 e. The van der Waals surface area contributed by atoms with Crippen LogP contribution in [0.3, 0.4) is 0 Å². The molecule has 0 spiro atoms. The SMILES string of the molecule is CC(C)(C)c1ccnc(-n2c3cc(Oc4cccc(-[n+]5[c-]n(-c6ccccc6)cc5)c4)ccc3c3c4c(c5ccccc5n4-c4ccccc4)c4c(c5ccccc5n4-c4ccccc4)c32)c1. The molecule has 5 aromatic heterocycles. The molecule has 0 N–H and O–H groups in total. The van der Waals surface area contributed by atoms with Crippen molar-refractivity contribution >= 4 is 65.4 Å². The highest BCUT2D eigenvalue weighted by molar-refractivity contribution is 6.40. The van der Waals surface area contributed by atoms with Crippen molar-refractivity contribution in [1.29, 1.82) is 0 Å². The Morgan fingerprint density at radius 1 is 0.478 bits per heavy atom. The smallest absolute Gasteiger partial charge is 0.268 e. The number of ether oxygens (including phenoxy) is 1. The van der Waals surface area contributed by atoms with Crippen LogP contribution in [0.1, 0.15) is 26.3 Å². The molecule has 13 rings (SSSR count). The molecule has 7 heteroatoms. The highest BCUT2D eigenvalue weighted by Gasteiger charge is 2.29. The molecule has 0 radical (unpaired) electrons. The topological polar surface area (TPSA) is 45.7 Å². The van der Waals surface area contributed by atoms with E-state index in [1.807, 2.05) is 58.1 Å². The van der Waals surface area contributed by atoms with E-state index < -0.39 is 0 Å². The first-order chi connectivity index (χ1) is 32.9. The second kappa shape index (κ2) is 14.9. The third kappa shape index (κ3) is 6.12. The van der Waals surface area contributed by atoms with Gasteiger partial charge in [-0.1, -0.05) is 118 Å². The Hall–Kier alpha value is -8.68. The van der Waals surface area contributed by atoms with Crippen molar-refractivity contribution in [3.05, 3.63) is 225 Å². The number of benzene rings is 8. The van der Waals surface area contributed by atoms with Gasteiger partial charge in [0.05, 0.1) is 44.5 Å². The molecule has 0 atom stereocenters. The summed E-state index contributed by atoms with van der Waals surface area (Å²) < 4.78 is 18.2. The van der Waals surface area contributed by atoms with Crippen LogP contribution in [0.25, 0.3) is 94.0 Å². The van der Waals surface area contributed by atoms with Gasteiger partial charge in [0, 0.05) is 68.3 Å². The van der Waals surface area contributed by atoms with E-state index in [4.69, 9.17) is 9.72 Å². The lowest BCUT2D eigenvalue weighted by Crippen LogP contribution is -2.28. The average molecular weight is 865 g/mol. The van der Waals surface area contributed by atoms with Gasteiger partial charge in [0.25, 0.3) is 6.33 Å². The first-order valence-corrected chi connectivity index (χ1v) is 22.8. The summed E-state index contributed by atoms with van der Waals surface area (Å²) in [5.41, 5.74) is 12.0. The number of hydrogen-bond acceptors (Lipinski definition) is 2. The number of aromatic nitrogens is 6. The van der Waals surface area contributed by atoms with Gasteiger partial charge in [0.2, 0.25) is 0 Å². The molecule has 0 saturated heterocycles. The van der Waals surface area contributed by atoms with Crippen LogP contribution in [0, 0.1) is 6.33 Å². The summed E-state index contributed by atoms with van der Waals surface area (Å²) in [5.74, 6) is 2.29. The molecule has 67 heavy (non-hydrogen) atoms. The standard InChI is InChI=1S/C60H44N6O/c1-60(2,3)40-32-33-61-53(36-40)66-52-38-46(67-45-25-17-24-44(37-45)63-35-34-62(39-63)41-18-7-4-8-19-41)30-31-49(52)56-58-54(47-26-13-15-28-50(47)65(58)43-22-11-6-12-23-43)57-55(59(56)66)48-27-14-16-29-51(48)64(57)42-20-9-5-10-21-42/h4-38H,1-3H3. The summed E-state index contributed by atoms with van der Waals surface area (Å²) in [7, 11) is 0. The van der Waals surface area contributed by atoms with Crippen LogP contribution < -0.4 is 9.30 Å². The van der Waals surface area contributed by atoms with E-state index in [0.717, 1.165) is 83.9 Å². The minimum atomic E-state index is -0.112. The number of hydrogen-bond donors (Lipinski definition) is 0. The minimum absolute atomic E-state index is 0.112. The zero-order chi connectivity index (χ0) is 44.8. The normalized spacial score (nSPS) is 12.1. The summed E-state index contributed by atoms with van der Waals surface area (Å²) in [4.78, 5) is 5.23. The molecule has 8 aromatic carbocycles. The van der Waals surface area contributed by atoms with E-state index >= 15 is 0 Å². The largest absolute Gasteiger partial charge is 0.458 e. The molecule has 0 aliphatic heterocycles. The molecular formula is C60H44N6O. The molecule has 0 amide bonds. The summed E-state index contributed by atoms with van der Waals surface area (Å²) in [6, 6.07) is 68.7. The monoisotopic (exact) mass is 864 g/mol. The maximum atomic E-state index is 6.88. The molecule has 320 valence electrons. The zero-order valence-corrected chi connectivity index (χ0v) is 37.3. The fraction of sp³-hybridized carbons (Fsp3) is 0.0667. The van der Waals surface area contributed by atoms with E-state index in [9.17, 15) is 0 Å². The van der Waals surface area contributed by atoms with E-state index in [1.54, 1.807) is 0 Å². The molecule has 7 nitrogen and oxygen atoms in total. The maximum Gasteiger partial charge on any atom is 0.268 e. The summed E-state index contributed by atoms with van der Waals surface area (Å²) in [6.07, 6.45) is 9.45. The molecule has 0 fully saturated rings. The number of rotatable bonds is 7. The highest BCUT2D eigenvalue weighted by atomic mass is 16.5. The average Bonchev–Trinajstić information content (AvgIpc) is 4.15. The Morgan fingerprint density at radius 3 is 1.63 bits per heavy atom. The van der Waals surface area contributed by atoms with Crippen LogP contribution in [-0.4, -0.2) is 23.3 Å². The lowest BCUT2D eigenvalue weighted by Gasteiger charge is -2.20. The quantitative estimate of drug-likeness (QED) is 0.118. The van der Waals surface area contributed by atoms with Crippen LogP contribution in [0.4, 0.5) is 0 Å². The zero-order valence-electron chi connectivity index (χ0n) is 37.3. The van der Waals surface area contributed by atoms with Crippen molar-refractivity contribution in [2.45, 2.75) is 26.2 Å². The molecule has 0 bridgehead atoms. The van der Waals surface area contributed by atoms with Crippen molar-refractivity contribution in [2.24, 2.45) is 0 Å². The Labute approximate surface area is 387 Å². The number of para-hydroxylation sites is 5. The lowest BCUT2D eigenvalue weighted by atomic mass is 9.88. The van der Waals surface area contributed by atoms with Gasteiger partial charge >= 0.3 is 0 Å². The summed E-state index contributed by atoms with van der Waals surface area (Å²) in [5, 5.41) is 6.99. The number of imidazole rings is 1. The predicted molar refractivity (Wildman–Crippen MR) is 272 cm³/mol. The predicted octanol–water partition coefficient (Wildman–Crippen LogP) is 14.3. The second-order valence-corrected chi connectivity index (χ2v) is 18.3. The Balaban J connectivity index is 1.15. The number of nitrogens with zero attached hydrogens (tertiary/aromatic N) is 6. The van der Waals surface area contributed by atoms with Crippen molar-refractivity contribution in [3.63, 3.8) is 0 Å². The fourth-order valence-corrected chi connectivity index (χ4v) is 10.2. The van der Waals surface area contributed by atoms with Crippen molar-refractivity contribution in [1.82, 2.24) is 23.3 Å². The Morgan fingerprint density at radius 2 is 1.01 bits per heavy atom. The third-order valence-electron chi connectivity index (χ3n) is 13.2. The Bertz CT molecular complexity index is 4040. The molecule has 5 heterocycles. The van der Waals surface area contributed by atoms with E-state index in [1.165, 1.54) is 27.1 Å². The molecule has 0 unspecified atom stereocenters. The van der Waals surface area contributed by atoms with Crippen LogP contribution in [0.15, 0.2) is 213 Å². The second-order valence-electron chi connectivity index (χ2n) is 18.3. The van der Waals surface area contributed by atoms with Crippen molar-refractivity contribution < 1.29 is 9.30 Å². The van der Waals surface area contributed by atoms with Gasteiger partial charge in [0.1, 0.15) is 17.3 Å². The van der Waals surface area contributed by atoms with Gasteiger partial charge < -0.3 is 13.9 Å². The molecular weight excluding hydrogens is 821 g/mol. The molecule has 0 aliphatic carbocycles. The maximum absolute atomic E-state index is 6.88. The molecule has 0 aliphatic rings. The molecule has 13 aromatic rings. The van der Waals surface area contributed by atoms with Gasteiger partial charge in [-0.3, -0.25) is 13.7 Å². The highest BCUT2D eigenvalue weighted by Crippen LogP contribution is 2.50. The third-order valence-corrected chi connectivity index (χ3v) is 13.2. The van der Waals surface area contributed by atoms with Gasteiger partial charge in [-0.25, -0.2) is 4.98 Å². The summed E-state index contributed by atoms with van der Waals surface area (Å²) in [6.45, 7) is 6.79. The van der Waals surface area contributed by atoms with Crippen LogP contribution in [-0.2, 0) is 5.41 Å². The van der Waals surface area contributed by atoms with Gasteiger partial charge in [-0.05, 0) is 102 Å². The first-order valence-electron chi connectivity index (χ1n) is 22.8. The Kier molecular flexibility index (Phi) is 8.64.